The van der Waals surface area contributed by atoms with Crippen molar-refractivity contribution in [3.8, 4) is 17.1 Å². The molecule has 0 aliphatic carbocycles. The van der Waals surface area contributed by atoms with Crippen LogP contribution in [0.5, 0.6) is 0 Å². The van der Waals surface area contributed by atoms with E-state index in [1.165, 1.54) is 11.0 Å². The van der Waals surface area contributed by atoms with E-state index in [4.69, 9.17) is 0 Å². The van der Waals surface area contributed by atoms with Gasteiger partial charge >= 0.3 is 0 Å². The molecule has 1 aliphatic heterocycles. The topological polar surface area (TPSA) is 100 Å². The van der Waals surface area contributed by atoms with Crippen LogP contribution in [0.2, 0.25) is 0 Å². The van der Waals surface area contributed by atoms with E-state index < -0.39 is 11.7 Å². The van der Waals surface area contributed by atoms with Crippen LogP contribution in [0.4, 0.5) is 15.8 Å². The van der Waals surface area contributed by atoms with Gasteiger partial charge in [-0.2, -0.15) is 5.10 Å². The molecule has 4 aromatic carbocycles. The highest BCUT2D eigenvalue weighted by Crippen LogP contribution is 2.39. The molecule has 1 aliphatic rings. The zero-order valence-electron chi connectivity index (χ0n) is 24.8. The fraction of sp³-hybridized carbons (Fsp3) is 0.171. The molecule has 2 aromatic heterocycles. The maximum atomic E-state index is 15.2. The fourth-order valence-electron chi connectivity index (χ4n) is 6.12. The third-order valence-corrected chi connectivity index (χ3v) is 8.15. The molecule has 3 heterocycles. The Labute approximate surface area is 258 Å². The van der Waals surface area contributed by atoms with Gasteiger partial charge in [0.2, 0.25) is 11.8 Å². The van der Waals surface area contributed by atoms with Crippen LogP contribution in [0.1, 0.15) is 31.3 Å². The Morgan fingerprint density at radius 3 is 2.36 bits per heavy atom. The lowest BCUT2D eigenvalue weighted by Gasteiger charge is -2.31. The molecule has 0 radical (unpaired) electrons. The molecule has 7 rings (SSSR count). The molecule has 6 aromatic rings. The van der Waals surface area contributed by atoms with Crippen molar-refractivity contribution in [3.05, 3.63) is 120 Å². The van der Waals surface area contributed by atoms with Crippen LogP contribution in [0.25, 0.3) is 28.0 Å². The van der Waals surface area contributed by atoms with E-state index in [1.54, 1.807) is 33.7 Å². The van der Waals surface area contributed by atoms with Crippen molar-refractivity contribution < 1.29 is 14.0 Å². The van der Waals surface area contributed by atoms with Crippen molar-refractivity contribution in [1.29, 1.82) is 0 Å². The molecule has 9 nitrogen and oxygen atoms in total. The highest BCUT2D eigenvalue weighted by atomic mass is 19.1. The predicted molar refractivity (Wildman–Crippen MR) is 171 cm³/mol. The van der Waals surface area contributed by atoms with E-state index >= 15 is 4.39 Å². The molecule has 0 saturated heterocycles. The molecule has 1 unspecified atom stereocenters. The second-order valence-electron chi connectivity index (χ2n) is 11.3. The van der Waals surface area contributed by atoms with Gasteiger partial charge in [0.05, 0.1) is 22.5 Å². The number of halogens is 1. The number of nitrogens with zero attached hydrogens (tertiary/aromatic N) is 6. The van der Waals surface area contributed by atoms with Crippen molar-refractivity contribution in [1.82, 2.24) is 25.0 Å². The normalized spacial score (nSPS) is 14.4. The van der Waals surface area contributed by atoms with Crippen LogP contribution in [-0.4, -0.2) is 49.4 Å². The number of amides is 2. The quantitative estimate of drug-likeness (QED) is 0.240. The summed E-state index contributed by atoms with van der Waals surface area (Å²) in [7, 11) is 0. The van der Waals surface area contributed by atoms with Gasteiger partial charge in [0, 0.05) is 29.2 Å². The van der Waals surface area contributed by atoms with Crippen LogP contribution in [-0.2, 0) is 16.0 Å². The smallest absolute Gasteiger partial charge is 0.247 e. The van der Waals surface area contributed by atoms with E-state index in [-0.39, 0.29) is 42.2 Å². The summed E-state index contributed by atoms with van der Waals surface area (Å²) in [5.41, 5.74) is 3.59. The number of para-hydroxylation sites is 4. The first kappa shape index (κ1) is 28.1. The minimum atomic E-state index is -0.869. The van der Waals surface area contributed by atoms with Crippen LogP contribution in [0.15, 0.2) is 103 Å². The number of H-pyrrole nitrogens is 1. The number of aromatic nitrogens is 5. The molecule has 45 heavy (non-hydrogen) atoms. The van der Waals surface area contributed by atoms with E-state index in [1.807, 2.05) is 86.6 Å². The number of carbonyl (C=O) groups excluding carboxylic acids is 2. The molecule has 0 fully saturated rings. The van der Waals surface area contributed by atoms with Gasteiger partial charge in [0.25, 0.3) is 0 Å². The van der Waals surface area contributed by atoms with Gasteiger partial charge in [-0.15, -0.1) is 10.2 Å². The number of hydrogen-bond donors (Lipinski definition) is 1. The number of carbonyl (C=O) groups is 2. The third-order valence-electron chi connectivity index (χ3n) is 8.15. The number of anilines is 2. The molecule has 0 bridgehead atoms. The van der Waals surface area contributed by atoms with E-state index in [0.29, 0.717) is 17.2 Å². The number of aromatic amines is 1. The number of fused-ring (bicyclic) bond motifs is 4. The maximum absolute atomic E-state index is 15.2. The Balaban J connectivity index is 1.39. The molecule has 0 saturated carbocycles. The molecule has 224 valence electrons. The van der Waals surface area contributed by atoms with Crippen LogP contribution < -0.4 is 9.80 Å². The Bertz CT molecular complexity index is 2030. The Kier molecular flexibility index (Phi) is 7.17. The third kappa shape index (κ3) is 4.94. The van der Waals surface area contributed by atoms with Crippen LogP contribution >= 0.6 is 0 Å². The van der Waals surface area contributed by atoms with Gasteiger partial charge in [-0.3, -0.25) is 19.3 Å². The monoisotopic (exact) mass is 599 g/mol. The summed E-state index contributed by atoms with van der Waals surface area (Å²) < 4.78 is 17.0. The lowest BCUT2D eigenvalue weighted by atomic mass is 9.98. The van der Waals surface area contributed by atoms with Gasteiger partial charge < -0.3 is 9.80 Å². The lowest BCUT2D eigenvalue weighted by Crippen LogP contribution is -2.47. The molecule has 1 N–H and O–H groups in total. The number of nitrogens with one attached hydrogen (secondary N) is 1. The van der Waals surface area contributed by atoms with E-state index in [9.17, 15) is 9.59 Å². The van der Waals surface area contributed by atoms with Crippen molar-refractivity contribution in [2.24, 2.45) is 0 Å². The van der Waals surface area contributed by atoms with Gasteiger partial charge in [0.15, 0.2) is 11.6 Å². The molecule has 1 atom stereocenters. The first-order chi connectivity index (χ1) is 21.9. The summed E-state index contributed by atoms with van der Waals surface area (Å²) in [6.45, 7) is 3.67. The van der Waals surface area contributed by atoms with Crippen molar-refractivity contribution in [2.75, 3.05) is 16.3 Å². The van der Waals surface area contributed by atoms with Crippen LogP contribution in [0.3, 0.4) is 0 Å². The lowest BCUT2D eigenvalue weighted by molar-refractivity contribution is -0.123. The molecule has 2 amide bonds. The maximum Gasteiger partial charge on any atom is 0.247 e. The summed E-state index contributed by atoms with van der Waals surface area (Å²) >= 11 is 0. The highest BCUT2D eigenvalue weighted by molar-refractivity contribution is 6.07. The molecular formula is C35H30FN7O2. The Hall–Kier alpha value is -5.64. The highest BCUT2D eigenvalue weighted by Gasteiger charge is 2.40. The number of benzene rings is 4. The van der Waals surface area contributed by atoms with Crippen molar-refractivity contribution in [2.45, 2.75) is 32.2 Å². The first-order valence-electron chi connectivity index (χ1n) is 14.8. The Morgan fingerprint density at radius 1 is 0.889 bits per heavy atom. The molecule has 10 heteroatoms. The van der Waals surface area contributed by atoms with Gasteiger partial charge in [0.1, 0.15) is 18.3 Å². The van der Waals surface area contributed by atoms with Gasteiger partial charge in [-0.05, 0) is 56.3 Å². The Morgan fingerprint density at radius 2 is 1.58 bits per heavy atom. The number of rotatable bonds is 7. The van der Waals surface area contributed by atoms with Crippen LogP contribution in [0, 0.1) is 5.82 Å². The van der Waals surface area contributed by atoms with E-state index in [0.717, 1.165) is 22.3 Å². The minimum absolute atomic E-state index is 0.156. The van der Waals surface area contributed by atoms with Gasteiger partial charge in [-0.25, -0.2) is 4.39 Å². The van der Waals surface area contributed by atoms with E-state index in [2.05, 4.69) is 20.4 Å². The molecule has 0 spiro atoms. The molecular weight excluding hydrogens is 569 g/mol. The predicted octanol–water partition coefficient (Wildman–Crippen LogP) is 6.06. The summed E-state index contributed by atoms with van der Waals surface area (Å²) in [5.74, 6) is -1.27. The zero-order valence-corrected chi connectivity index (χ0v) is 24.8. The standard InChI is InChI=1S/C35H30FN7O2/c1-22(2)42(23-12-4-3-5-13-23)32(44)21-41-30-18-10-11-19-31(30)43-33(24-14-6-8-16-27(24)36)39-40-34(43)26(35(41)45)20-29-25-15-7-9-17-28(25)37-38-29/h3-19,22,26H,20-21H2,1-2H3,(H,37,38). The van der Waals surface area contributed by atoms with Crippen molar-refractivity contribution >= 4 is 34.1 Å². The summed E-state index contributed by atoms with van der Waals surface area (Å²) in [5, 5.41) is 17.4. The zero-order chi connectivity index (χ0) is 31.1. The summed E-state index contributed by atoms with van der Waals surface area (Å²) in [6.07, 6.45) is 0.208. The van der Waals surface area contributed by atoms with Gasteiger partial charge in [-0.1, -0.05) is 60.7 Å². The second-order valence-corrected chi connectivity index (χ2v) is 11.3. The largest absolute Gasteiger partial charge is 0.308 e. The average Bonchev–Trinajstić information content (AvgIpc) is 3.65. The SMILES string of the molecule is CC(C)N(C(=O)CN1C(=O)C(Cc2[nH]nc3ccccc23)c2nnc(-c3ccccc3F)n2-c2ccccc21)c1ccccc1. The second kappa shape index (κ2) is 11.5. The summed E-state index contributed by atoms with van der Waals surface area (Å²) in [6, 6.07) is 30.6. The summed E-state index contributed by atoms with van der Waals surface area (Å²) in [4.78, 5) is 32.1. The first-order valence-corrected chi connectivity index (χ1v) is 14.8. The number of hydrogen-bond acceptors (Lipinski definition) is 5. The fourth-order valence-corrected chi connectivity index (χ4v) is 6.12. The minimum Gasteiger partial charge on any atom is -0.308 e. The van der Waals surface area contributed by atoms with Crippen molar-refractivity contribution in [3.63, 3.8) is 0 Å². The average molecular weight is 600 g/mol.